The topological polar surface area (TPSA) is 65.9 Å². The molecular weight excluding hydrogens is 321 g/mol. The molecule has 1 aliphatic heterocycles. The molecule has 3 heterocycles. The van der Waals surface area contributed by atoms with Crippen molar-refractivity contribution in [1.29, 1.82) is 0 Å². The molecular formula is C17H26FN7. The molecule has 0 unspecified atom stereocenters. The Labute approximate surface area is 147 Å². The molecule has 2 aromatic heterocycles. The third-order valence-corrected chi connectivity index (χ3v) is 5.05. The summed E-state index contributed by atoms with van der Waals surface area (Å²) in [6, 6.07) is 0.214. The minimum absolute atomic E-state index is 0.214. The van der Waals surface area contributed by atoms with Gasteiger partial charge in [-0.1, -0.05) is 0 Å². The number of aromatic nitrogens is 5. The number of H-pyrrole nitrogens is 1. The molecule has 2 atom stereocenters. The molecule has 0 amide bonds. The number of halogens is 1. The molecule has 0 aromatic carbocycles. The highest BCUT2D eigenvalue weighted by Gasteiger charge is 2.33. The lowest BCUT2D eigenvalue weighted by atomic mass is 10.2. The fraction of sp³-hybridized carbons (Fsp3) is 0.706. The molecule has 1 N–H and O–H groups in total. The highest BCUT2D eigenvalue weighted by atomic mass is 19.1. The molecule has 25 heavy (non-hydrogen) atoms. The van der Waals surface area contributed by atoms with Crippen LogP contribution in [0.1, 0.15) is 42.4 Å². The van der Waals surface area contributed by atoms with E-state index in [4.69, 9.17) is 0 Å². The first-order valence-electron chi connectivity index (χ1n) is 9.02. The smallest absolute Gasteiger partial charge is 0.153 e. The number of likely N-dealkylation sites (N-methyl/N-ethyl adjacent to an activating group) is 1. The van der Waals surface area contributed by atoms with Gasteiger partial charge in [0, 0.05) is 50.4 Å². The average Bonchev–Trinajstić information content (AvgIpc) is 3.02. The van der Waals surface area contributed by atoms with Crippen LogP contribution < -0.4 is 0 Å². The van der Waals surface area contributed by atoms with Crippen molar-refractivity contribution >= 4 is 0 Å². The minimum Gasteiger partial charge on any atom is -0.297 e. The minimum atomic E-state index is -0.748. The van der Waals surface area contributed by atoms with Gasteiger partial charge in [-0.3, -0.25) is 19.6 Å². The van der Waals surface area contributed by atoms with E-state index < -0.39 is 6.17 Å². The second-order valence-corrected chi connectivity index (χ2v) is 7.55. The second-order valence-electron chi connectivity index (χ2n) is 7.55. The van der Waals surface area contributed by atoms with E-state index in [1.807, 2.05) is 19.4 Å². The van der Waals surface area contributed by atoms with Gasteiger partial charge in [-0.2, -0.15) is 10.2 Å². The quantitative estimate of drug-likeness (QED) is 0.821. The van der Waals surface area contributed by atoms with Gasteiger partial charge in [-0.25, -0.2) is 9.37 Å². The van der Waals surface area contributed by atoms with Crippen molar-refractivity contribution in [3.05, 3.63) is 29.6 Å². The van der Waals surface area contributed by atoms with E-state index in [0.29, 0.717) is 25.4 Å². The number of likely N-dealkylation sites (tertiary alicyclic amines) is 1. The molecule has 4 rings (SSSR count). The van der Waals surface area contributed by atoms with E-state index >= 15 is 0 Å². The third-order valence-electron chi connectivity index (χ3n) is 5.05. The maximum absolute atomic E-state index is 14.0. The van der Waals surface area contributed by atoms with E-state index in [1.165, 1.54) is 12.8 Å². The summed E-state index contributed by atoms with van der Waals surface area (Å²) in [5.74, 6) is 2.41. The first-order valence-corrected chi connectivity index (χ1v) is 9.02. The van der Waals surface area contributed by atoms with Crippen LogP contribution >= 0.6 is 0 Å². The predicted molar refractivity (Wildman–Crippen MR) is 91.6 cm³/mol. The Morgan fingerprint density at radius 2 is 2.24 bits per heavy atom. The molecule has 2 aromatic rings. The maximum Gasteiger partial charge on any atom is 0.153 e. The Bertz CT molecular complexity index is 707. The molecule has 1 aliphatic carbocycles. The summed E-state index contributed by atoms with van der Waals surface area (Å²) >= 11 is 0. The number of nitrogens with one attached hydrogen (secondary N) is 1. The van der Waals surface area contributed by atoms with Crippen molar-refractivity contribution in [3.8, 4) is 0 Å². The highest BCUT2D eigenvalue weighted by Crippen LogP contribution is 2.37. The predicted octanol–water partition coefficient (Wildman–Crippen LogP) is 1.46. The van der Waals surface area contributed by atoms with Crippen LogP contribution in [0.4, 0.5) is 4.39 Å². The lowest BCUT2D eigenvalue weighted by Gasteiger charge is -2.27. The summed E-state index contributed by atoms with van der Waals surface area (Å²) in [6.45, 7) is 2.79. The Hall–Kier alpha value is -1.80. The summed E-state index contributed by atoms with van der Waals surface area (Å²) in [5.41, 5.74) is 1.13. The van der Waals surface area contributed by atoms with Crippen LogP contribution in [-0.4, -0.2) is 67.1 Å². The standard InChI is InChI=1S/C17H26FN7/c1-23(11-16-20-17(22-21-16)13-3-4-13)10-15-5-14(18)9-25(15)8-12-6-19-24(2)7-12/h6-7,13-15H,3-5,8-11H2,1-2H3,(H,20,21,22)/t14-,15-/m0/s1. The number of rotatable bonds is 7. The third kappa shape index (κ3) is 4.07. The zero-order valence-electron chi connectivity index (χ0n) is 14.9. The number of aryl methyl sites for hydroxylation is 1. The Morgan fingerprint density at radius 1 is 1.40 bits per heavy atom. The lowest BCUT2D eigenvalue weighted by Crippen LogP contribution is -2.38. The molecule has 7 nitrogen and oxygen atoms in total. The number of alkyl halides is 1. The number of hydrogen-bond donors (Lipinski definition) is 1. The number of nitrogens with zero attached hydrogens (tertiary/aromatic N) is 6. The van der Waals surface area contributed by atoms with Crippen molar-refractivity contribution < 1.29 is 4.39 Å². The van der Waals surface area contributed by atoms with Gasteiger partial charge in [0.25, 0.3) is 0 Å². The summed E-state index contributed by atoms with van der Waals surface area (Å²) in [7, 11) is 3.97. The molecule has 8 heteroatoms. The number of hydrogen-bond acceptors (Lipinski definition) is 5. The normalized spacial score (nSPS) is 24.5. The zero-order valence-corrected chi connectivity index (χ0v) is 14.9. The van der Waals surface area contributed by atoms with E-state index in [1.54, 1.807) is 4.68 Å². The van der Waals surface area contributed by atoms with Gasteiger partial charge >= 0.3 is 0 Å². The van der Waals surface area contributed by atoms with Crippen molar-refractivity contribution in [2.24, 2.45) is 7.05 Å². The molecule has 136 valence electrons. The average molecular weight is 347 g/mol. The maximum atomic E-state index is 14.0. The van der Waals surface area contributed by atoms with Crippen LogP contribution in [0, 0.1) is 0 Å². The van der Waals surface area contributed by atoms with Crippen molar-refractivity contribution in [3.63, 3.8) is 0 Å². The lowest BCUT2D eigenvalue weighted by molar-refractivity contribution is 0.179. The molecule has 2 aliphatic rings. The Kier molecular flexibility index (Phi) is 4.56. The van der Waals surface area contributed by atoms with Crippen LogP contribution in [0.5, 0.6) is 0 Å². The van der Waals surface area contributed by atoms with E-state index in [9.17, 15) is 4.39 Å². The first kappa shape index (κ1) is 16.7. The van der Waals surface area contributed by atoms with E-state index in [2.05, 4.69) is 37.1 Å². The van der Waals surface area contributed by atoms with Crippen LogP contribution in [0.3, 0.4) is 0 Å². The summed E-state index contributed by atoms with van der Waals surface area (Å²) in [5, 5.41) is 11.6. The van der Waals surface area contributed by atoms with Gasteiger partial charge in [0.05, 0.1) is 12.7 Å². The monoisotopic (exact) mass is 347 g/mol. The van der Waals surface area contributed by atoms with Crippen LogP contribution in [-0.2, 0) is 20.1 Å². The van der Waals surface area contributed by atoms with Crippen LogP contribution in [0.2, 0.25) is 0 Å². The van der Waals surface area contributed by atoms with E-state index in [0.717, 1.165) is 30.3 Å². The van der Waals surface area contributed by atoms with Crippen LogP contribution in [0.25, 0.3) is 0 Å². The van der Waals surface area contributed by atoms with Crippen molar-refractivity contribution in [1.82, 2.24) is 34.8 Å². The fourth-order valence-electron chi connectivity index (χ4n) is 3.68. The second kappa shape index (κ2) is 6.84. The molecule has 2 fully saturated rings. The zero-order chi connectivity index (χ0) is 17.4. The van der Waals surface area contributed by atoms with Gasteiger partial charge in [0.15, 0.2) is 5.82 Å². The first-order chi connectivity index (χ1) is 12.1. The molecule has 1 saturated heterocycles. The van der Waals surface area contributed by atoms with Gasteiger partial charge in [-0.15, -0.1) is 0 Å². The van der Waals surface area contributed by atoms with Crippen molar-refractivity contribution in [2.75, 3.05) is 20.1 Å². The van der Waals surface area contributed by atoms with Gasteiger partial charge in [0.2, 0.25) is 0 Å². The Balaban J connectivity index is 1.33. The highest BCUT2D eigenvalue weighted by molar-refractivity contribution is 5.06. The van der Waals surface area contributed by atoms with Crippen molar-refractivity contribution in [2.45, 2.75) is 50.5 Å². The van der Waals surface area contributed by atoms with Gasteiger partial charge in [0.1, 0.15) is 12.0 Å². The van der Waals surface area contributed by atoms with Gasteiger partial charge < -0.3 is 0 Å². The molecule has 0 spiro atoms. The molecule has 1 saturated carbocycles. The summed E-state index contributed by atoms with van der Waals surface area (Å²) in [6.07, 6.45) is 6.11. The SMILES string of the molecule is CN(Cc1nc(C2CC2)n[nH]1)C[C@@H]1C[C@H](F)CN1Cc1cnn(C)c1. The summed E-state index contributed by atoms with van der Waals surface area (Å²) < 4.78 is 15.8. The van der Waals surface area contributed by atoms with Gasteiger partial charge in [-0.05, 0) is 26.3 Å². The number of aromatic amines is 1. The fourth-order valence-corrected chi connectivity index (χ4v) is 3.68. The Morgan fingerprint density at radius 3 is 2.96 bits per heavy atom. The molecule has 0 bridgehead atoms. The molecule has 0 radical (unpaired) electrons. The summed E-state index contributed by atoms with van der Waals surface area (Å²) in [4.78, 5) is 9.02. The van der Waals surface area contributed by atoms with Crippen LogP contribution in [0.15, 0.2) is 12.4 Å². The van der Waals surface area contributed by atoms with E-state index in [-0.39, 0.29) is 6.04 Å². The largest absolute Gasteiger partial charge is 0.297 e.